The lowest BCUT2D eigenvalue weighted by atomic mass is 10.1. The maximum absolute atomic E-state index is 11.7. The molecule has 0 bridgehead atoms. The highest BCUT2D eigenvalue weighted by Crippen LogP contribution is 2.12. The van der Waals surface area contributed by atoms with Gasteiger partial charge in [-0.2, -0.15) is 0 Å². The Balaban J connectivity index is 0.000000343. The Kier molecular flexibility index (Phi) is 13.7. The zero-order chi connectivity index (χ0) is 23.6. The van der Waals surface area contributed by atoms with Gasteiger partial charge in [0.1, 0.15) is 11.9 Å². The van der Waals surface area contributed by atoms with E-state index in [0.29, 0.717) is 0 Å². The molecule has 1 unspecified atom stereocenters. The van der Waals surface area contributed by atoms with E-state index in [1.54, 1.807) is 37.5 Å². The van der Waals surface area contributed by atoms with Crippen molar-refractivity contribution in [3.8, 4) is 5.75 Å². The number of methoxy groups -OCH3 is 1. The predicted molar refractivity (Wildman–Crippen MR) is 129 cm³/mol. The first-order valence-corrected chi connectivity index (χ1v) is 11.0. The highest BCUT2D eigenvalue weighted by Gasteiger charge is 2.09. The van der Waals surface area contributed by atoms with Crippen LogP contribution in [0.2, 0.25) is 0 Å². The molecule has 0 radical (unpaired) electrons. The molecule has 0 saturated carbocycles. The number of carbonyl (C=O) groups is 2. The molecule has 5 nitrogen and oxygen atoms in total. The van der Waals surface area contributed by atoms with Crippen molar-refractivity contribution in [2.24, 2.45) is 0 Å². The van der Waals surface area contributed by atoms with Gasteiger partial charge in [-0.15, -0.1) is 0 Å². The van der Waals surface area contributed by atoms with Gasteiger partial charge in [-0.3, -0.25) is 0 Å². The molecule has 2 aromatic rings. The largest absolute Gasteiger partial charge is 0.497 e. The molecule has 0 aliphatic rings. The Hall–Kier alpha value is -3.34. The molecule has 32 heavy (non-hydrogen) atoms. The van der Waals surface area contributed by atoms with Gasteiger partial charge >= 0.3 is 11.9 Å². The van der Waals surface area contributed by atoms with Crippen LogP contribution in [0.1, 0.15) is 57.1 Å². The van der Waals surface area contributed by atoms with Crippen molar-refractivity contribution >= 4 is 24.1 Å². The van der Waals surface area contributed by atoms with Gasteiger partial charge in [0, 0.05) is 12.2 Å². The Labute approximate surface area is 191 Å². The third kappa shape index (κ3) is 12.4. The fraction of sp³-hybridized carbons (Fsp3) is 0.333. The maximum Gasteiger partial charge on any atom is 0.331 e. The molecule has 0 heterocycles. The molecule has 1 atom stereocenters. The number of unbranched alkanes of at least 4 members (excludes halogenated alkanes) is 2. The quantitative estimate of drug-likeness (QED) is 0.250. The Morgan fingerprint density at radius 2 is 1.53 bits per heavy atom. The summed E-state index contributed by atoms with van der Waals surface area (Å²) in [5, 5.41) is 8.36. The van der Waals surface area contributed by atoms with E-state index in [4.69, 9.17) is 14.6 Å². The van der Waals surface area contributed by atoms with E-state index in [0.717, 1.165) is 42.2 Å². The van der Waals surface area contributed by atoms with Gasteiger partial charge in [0.15, 0.2) is 0 Å². The molecule has 0 spiro atoms. The fourth-order valence-electron chi connectivity index (χ4n) is 2.78. The van der Waals surface area contributed by atoms with Crippen LogP contribution in [-0.4, -0.2) is 30.3 Å². The first-order chi connectivity index (χ1) is 15.5. The molecular formula is C27H34O5. The molecule has 2 rings (SSSR count). The van der Waals surface area contributed by atoms with Gasteiger partial charge in [0.2, 0.25) is 0 Å². The lowest BCUT2D eigenvalue weighted by molar-refractivity contribution is -0.143. The third-order valence-electron chi connectivity index (χ3n) is 4.61. The van der Waals surface area contributed by atoms with Crippen molar-refractivity contribution < 1.29 is 24.2 Å². The summed E-state index contributed by atoms with van der Waals surface area (Å²) in [5.74, 6) is -0.435. The van der Waals surface area contributed by atoms with Crippen LogP contribution < -0.4 is 4.74 Å². The van der Waals surface area contributed by atoms with E-state index in [-0.39, 0.29) is 12.1 Å². The summed E-state index contributed by atoms with van der Waals surface area (Å²) in [6.07, 6.45) is 11.4. The van der Waals surface area contributed by atoms with Crippen molar-refractivity contribution in [2.75, 3.05) is 7.11 Å². The van der Waals surface area contributed by atoms with Crippen LogP contribution in [0.15, 0.2) is 66.7 Å². The van der Waals surface area contributed by atoms with Gasteiger partial charge < -0.3 is 14.6 Å². The minimum absolute atomic E-state index is 0.0551. The molecule has 2 aromatic carbocycles. The maximum atomic E-state index is 11.7. The van der Waals surface area contributed by atoms with E-state index in [2.05, 4.69) is 13.8 Å². The average Bonchev–Trinajstić information content (AvgIpc) is 2.82. The van der Waals surface area contributed by atoms with Crippen LogP contribution in [-0.2, 0) is 14.3 Å². The van der Waals surface area contributed by atoms with Crippen molar-refractivity contribution in [1.82, 2.24) is 0 Å². The number of rotatable bonds is 11. The molecule has 0 saturated heterocycles. The molecular weight excluding hydrogens is 404 g/mol. The number of carbonyl (C=O) groups excluding carboxylic acids is 1. The van der Waals surface area contributed by atoms with Crippen molar-refractivity contribution in [3.05, 3.63) is 77.9 Å². The molecule has 0 aromatic heterocycles. The first-order valence-electron chi connectivity index (χ1n) is 11.0. The Morgan fingerprint density at radius 1 is 0.906 bits per heavy atom. The Bertz CT molecular complexity index is 838. The van der Waals surface area contributed by atoms with Crippen LogP contribution in [0.4, 0.5) is 0 Å². The number of aliphatic carboxylic acids is 1. The monoisotopic (exact) mass is 438 g/mol. The average molecular weight is 439 g/mol. The second-order valence-electron chi connectivity index (χ2n) is 7.15. The van der Waals surface area contributed by atoms with Gasteiger partial charge in [-0.05, 0) is 54.7 Å². The van der Waals surface area contributed by atoms with Gasteiger partial charge in [0.05, 0.1) is 7.11 Å². The number of hydrogen-bond donors (Lipinski definition) is 1. The number of esters is 1. The summed E-state index contributed by atoms with van der Waals surface area (Å²) in [6.45, 7) is 4.24. The van der Waals surface area contributed by atoms with Crippen molar-refractivity contribution in [3.63, 3.8) is 0 Å². The zero-order valence-corrected chi connectivity index (χ0v) is 19.2. The molecule has 5 heteroatoms. The topological polar surface area (TPSA) is 72.8 Å². The van der Waals surface area contributed by atoms with Crippen molar-refractivity contribution in [1.29, 1.82) is 0 Å². The minimum Gasteiger partial charge on any atom is -0.497 e. The number of carboxylic acids is 1. The molecule has 0 fully saturated rings. The van der Waals surface area contributed by atoms with Crippen LogP contribution in [0, 0.1) is 0 Å². The summed E-state index contributed by atoms with van der Waals surface area (Å²) in [6, 6.07) is 16.9. The smallest absolute Gasteiger partial charge is 0.331 e. The fourth-order valence-corrected chi connectivity index (χ4v) is 2.78. The Morgan fingerprint density at radius 3 is 2.09 bits per heavy atom. The summed E-state index contributed by atoms with van der Waals surface area (Å²) in [4.78, 5) is 21.9. The highest BCUT2D eigenvalue weighted by atomic mass is 16.5. The zero-order valence-electron chi connectivity index (χ0n) is 19.2. The van der Waals surface area contributed by atoms with Gasteiger partial charge in [0.25, 0.3) is 0 Å². The van der Waals surface area contributed by atoms with Crippen molar-refractivity contribution in [2.45, 2.75) is 52.1 Å². The first kappa shape index (κ1) is 26.7. The lowest BCUT2D eigenvalue weighted by Crippen LogP contribution is -2.15. The highest BCUT2D eigenvalue weighted by molar-refractivity contribution is 5.87. The van der Waals surface area contributed by atoms with E-state index in [1.807, 2.05) is 30.3 Å². The number of benzene rings is 2. The van der Waals surface area contributed by atoms with Crippen LogP contribution in [0.25, 0.3) is 12.2 Å². The second-order valence-corrected chi connectivity index (χ2v) is 7.15. The summed E-state index contributed by atoms with van der Waals surface area (Å²) >= 11 is 0. The lowest BCUT2D eigenvalue weighted by Gasteiger charge is -2.14. The van der Waals surface area contributed by atoms with E-state index in [9.17, 15) is 9.59 Å². The van der Waals surface area contributed by atoms with E-state index < -0.39 is 5.97 Å². The summed E-state index contributed by atoms with van der Waals surface area (Å²) in [5.41, 5.74) is 1.85. The second kappa shape index (κ2) is 16.4. The molecule has 1 N–H and O–H groups in total. The summed E-state index contributed by atoms with van der Waals surface area (Å²) < 4.78 is 10.4. The summed E-state index contributed by atoms with van der Waals surface area (Å²) in [7, 11) is 1.59. The van der Waals surface area contributed by atoms with Crippen LogP contribution in [0.5, 0.6) is 5.75 Å². The van der Waals surface area contributed by atoms with Crippen LogP contribution in [0.3, 0.4) is 0 Å². The van der Waals surface area contributed by atoms with E-state index in [1.165, 1.54) is 25.0 Å². The van der Waals surface area contributed by atoms with Crippen LogP contribution >= 0.6 is 0 Å². The van der Waals surface area contributed by atoms with Gasteiger partial charge in [-0.1, -0.05) is 69.2 Å². The van der Waals surface area contributed by atoms with E-state index >= 15 is 0 Å². The number of hydrogen-bond acceptors (Lipinski definition) is 4. The molecule has 172 valence electrons. The predicted octanol–water partition coefficient (Wildman–Crippen LogP) is 6.39. The molecule has 0 amide bonds. The standard InChI is InChI=1S/C17H24O2.C10H10O3/c1-3-5-7-12-16(4-2)19-17(18)14-13-15-10-8-6-9-11-15;1-13-9-5-2-8(3-6-9)4-7-10(11)12/h6,8-11,13-14,16H,3-5,7,12H2,1-2H3;2-7H,1H3,(H,11,12). The van der Waals surface area contributed by atoms with Gasteiger partial charge in [-0.25, -0.2) is 9.59 Å². The molecule has 0 aliphatic carbocycles. The minimum atomic E-state index is -0.948. The normalized spacial score (nSPS) is 11.6. The number of ether oxygens (including phenoxy) is 2. The molecule has 0 aliphatic heterocycles. The number of carboxylic acid groups (broad SMARTS) is 1. The SMILES string of the molecule is CCCCCC(CC)OC(=O)C=Cc1ccccc1.COc1ccc(C=CC(=O)O)cc1. The third-order valence-corrected chi connectivity index (χ3v) is 4.61.